The van der Waals surface area contributed by atoms with Crippen molar-refractivity contribution in [1.29, 1.82) is 0 Å². The zero-order valence-corrected chi connectivity index (χ0v) is 14.3. The molecule has 1 N–H and O–H groups in total. The van der Waals surface area contributed by atoms with Crippen LogP contribution < -0.4 is 0 Å². The zero-order chi connectivity index (χ0) is 17.4. The second-order valence-electron chi connectivity index (χ2n) is 6.83. The van der Waals surface area contributed by atoms with Gasteiger partial charge in [-0.3, -0.25) is 4.90 Å². The zero-order valence-electron chi connectivity index (χ0n) is 14.3. The molecule has 1 saturated heterocycles. The molecule has 3 aromatic heterocycles. The molecule has 0 bridgehead atoms. The summed E-state index contributed by atoms with van der Waals surface area (Å²) in [6.45, 7) is 5.92. The average Bonchev–Trinajstić information content (AvgIpc) is 3.35. The maximum atomic E-state index is 10.9. The lowest BCUT2D eigenvalue weighted by Gasteiger charge is -2.20. The predicted octanol–water partition coefficient (Wildman–Crippen LogP) is 2.20. The van der Waals surface area contributed by atoms with E-state index in [9.17, 15) is 5.11 Å². The minimum Gasteiger partial charge on any atom is -0.461 e. The molecule has 1 unspecified atom stereocenters. The third-order valence-electron chi connectivity index (χ3n) is 4.55. The minimum atomic E-state index is -0.972. The molecule has 1 atom stereocenters. The Hall–Kier alpha value is -2.45. The first-order valence-electron chi connectivity index (χ1n) is 8.40. The molecule has 0 aliphatic carbocycles. The fraction of sp³-hybridized carbons (Fsp3) is 0.471. The summed E-state index contributed by atoms with van der Waals surface area (Å²) in [5.41, 5.74) is 0.461. The summed E-state index contributed by atoms with van der Waals surface area (Å²) in [5.74, 6) is 1.26. The summed E-state index contributed by atoms with van der Waals surface area (Å²) in [5, 5.41) is 23.3. The maximum absolute atomic E-state index is 10.9. The first kappa shape index (κ1) is 16.0. The molecule has 1 aliphatic rings. The van der Waals surface area contributed by atoms with E-state index in [0.717, 1.165) is 12.2 Å². The van der Waals surface area contributed by atoms with Gasteiger partial charge in [0.1, 0.15) is 11.3 Å². The smallest absolute Gasteiger partial charge is 0.202 e. The summed E-state index contributed by atoms with van der Waals surface area (Å²) < 4.78 is 12.4. The van der Waals surface area contributed by atoms with Gasteiger partial charge in [-0.1, -0.05) is 10.4 Å². The summed E-state index contributed by atoms with van der Waals surface area (Å²) in [6, 6.07) is 5.72. The van der Waals surface area contributed by atoms with Crippen molar-refractivity contribution in [3.8, 4) is 11.5 Å². The van der Waals surface area contributed by atoms with Crippen molar-refractivity contribution in [3.05, 3.63) is 42.0 Å². The van der Waals surface area contributed by atoms with E-state index in [2.05, 4.69) is 20.4 Å². The molecule has 8 nitrogen and oxygen atoms in total. The molecule has 3 aromatic rings. The predicted molar refractivity (Wildman–Crippen MR) is 88.4 cm³/mol. The Bertz CT molecular complexity index is 838. The molecule has 0 amide bonds. The van der Waals surface area contributed by atoms with Crippen molar-refractivity contribution in [1.82, 2.24) is 25.1 Å². The van der Waals surface area contributed by atoms with E-state index >= 15 is 0 Å². The molecule has 4 rings (SSSR count). The van der Waals surface area contributed by atoms with Crippen LogP contribution in [-0.2, 0) is 12.1 Å². The van der Waals surface area contributed by atoms with Crippen molar-refractivity contribution < 1.29 is 14.0 Å². The number of hydrogen-bond acceptors (Lipinski definition) is 7. The molecule has 1 aliphatic heterocycles. The largest absolute Gasteiger partial charge is 0.461 e. The lowest BCUT2D eigenvalue weighted by atomic mass is 10.00. The number of hydrogen-bond donors (Lipinski definition) is 1. The number of furan rings is 1. The molecule has 0 spiro atoms. The fourth-order valence-electron chi connectivity index (χ4n) is 3.11. The summed E-state index contributed by atoms with van der Waals surface area (Å²) in [6.07, 6.45) is 4.05. The molecule has 8 heteroatoms. The van der Waals surface area contributed by atoms with Gasteiger partial charge in [0.25, 0.3) is 0 Å². The number of likely N-dealkylation sites (tertiary alicyclic amines) is 1. The molecule has 4 heterocycles. The summed E-state index contributed by atoms with van der Waals surface area (Å²) >= 11 is 0. The van der Waals surface area contributed by atoms with Gasteiger partial charge in [-0.2, -0.15) is 0 Å². The number of aliphatic hydroxyl groups is 1. The Labute approximate surface area is 145 Å². The average molecular weight is 343 g/mol. The highest BCUT2D eigenvalue weighted by molar-refractivity contribution is 5.49. The quantitative estimate of drug-likeness (QED) is 0.759. The third-order valence-corrected chi connectivity index (χ3v) is 4.55. The van der Waals surface area contributed by atoms with E-state index in [1.54, 1.807) is 10.9 Å². The van der Waals surface area contributed by atoms with E-state index in [1.165, 1.54) is 0 Å². The van der Waals surface area contributed by atoms with E-state index in [0.29, 0.717) is 36.7 Å². The van der Waals surface area contributed by atoms with Crippen LogP contribution in [0.4, 0.5) is 0 Å². The first-order chi connectivity index (χ1) is 12.0. The van der Waals surface area contributed by atoms with Crippen molar-refractivity contribution >= 4 is 0 Å². The van der Waals surface area contributed by atoms with E-state index in [-0.39, 0.29) is 6.04 Å². The molecule has 0 aromatic carbocycles. The second kappa shape index (κ2) is 6.12. The normalized spacial score (nSPS) is 21.4. The van der Waals surface area contributed by atoms with Crippen molar-refractivity contribution in [2.45, 2.75) is 38.5 Å². The van der Waals surface area contributed by atoms with Crippen molar-refractivity contribution in [3.63, 3.8) is 0 Å². The molecule has 0 saturated carbocycles. The summed E-state index contributed by atoms with van der Waals surface area (Å²) in [4.78, 5) is 2.14. The van der Waals surface area contributed by atoms with Gasteiger partial charge in [0.15, 0.2) is 5.76 Å². The van der Waals surface area contributed by atoms with Crippen LogP contribution in [0.15, 0.2) is 39.6 Å². The molecule has 1 fully saturated rings. The molecule has 132 valence electrons. The minimum absolute atomic E-state index is 0.220. The van der Waals surface area contributed by atoms with Crippen LogP contribution in [-0.4, -0.2) is 43.2 Å². The van der Waals surface area contributed by atoms with Gasteiger partial charge in [0, 0.05) is 31.7 Å². The summed E-state index contributed by atoms with van der Waals surface area (Å²) in [7, 11) is 0. The highest BCUT2D eigenvalue weighted by Gasteiger charge is 2.40. The highest BCUT2D eigenvalue weighted by Crippen LogP contribution is 2.32. The van der Waals surface area contributed by atoms with E-state index in [1.807, 2.05) is 38.2 Å². The number of rotatable bonds is 5. The van der Waals surface area contributed by atoms with Crippen LogP contribution in [0.2, 0.25) is 0 Å². The lowest BCUT2D eigenvalue weighted by Crippen LogP contribution is -2.31. The van der Waals surface area contributed by atoms with Crippen LogP contribution in [0.25, 0.3) is 11.5 Å². The van der Waals surface area contributed by atoms with Gasteiger partial charge < -0.3 is 14.0 Å². The Morgan fingerprint density at radius 1 is 1.36 bits per heavy atom. The first-order valence-corrected chi connectivity index (χ1v) is 8.40. The van der Waals surface area contributed by atoms with Crippen molar-refractivity contribution in [2.75, 3.05) is 13.1 Å². The monoisotopic (exact) mass is 343 g/mol. The van der Waals surface area contributed by atoms with Gasteiger partial charge in [0.2, 0.25) is 5.76 Å². The van der Waals surface area contributed by atoms with E-state index < -0.39 is 5.60 Å². The van der Waals surface area contributed by atoms with Crippen LogP contribution in [0.3, 0.4) is 0 Å². The molecular weight excluding hydrogens is 322 g/mol. The number of aromatic nitrogens is 4. The highest BCUT2D eigenvalue weighted by atomic mass is 16.5. The van der Waals surface area contributed by atoms with Crippen molar-refractivity contribution in [2.24, 2.45) is 0 Å². The van der Waals surface area contributed by atoms with Gasteiger partial charge in [-0.05, 0) is 32.4 Å². The molecule has 0 radical (unpaired) electrons. The standard InChI is InChI=1S/C17H21N5O3/c1-12(2)22-10-16(18-20-22)17(23)5-6-21(11-17)9-13-8-15(25-19-13)14-4-3-7-24-14/h3-4,7-8,10,12,23H,5-6,9,11H2,1-2H3. The Morgan fingerprint density at radius 2 is 2.24 bits per heavy atom. The number of β-amino-alcohol motifs (C(OH)–C–C–N with tert-alkyl or cyclic N) is 1. The lowest BCUT2D eigenvalue weighted by molar-refractivity contribution is 0.0406. The Kier molecular flexibility index (Phi) is 3.93. The third kappa shape index (κ3) is 3.10. The van der Waals surface area contributed by atoms with Crippen LogP contribution in [0.5, 0.6) is 0 Å². The van der Waals surface area contributed by atoms with Gasteiger partial charge in [-0.25, -0.2) is 4.68 Å². The van der Waals surface area contributed by atoms with Gasteiger partial charge in [0.05, 0.1) is 18.2 Å². The topological polar surface area (TPSA) is 93.3 Å². The van der Waals surface area contributed by atoms with E-state index in [4.69, 9.17) is 8.94 Å². The molecular formula is C17H21N5O3. The molecule has 25 heavy (non-hydrogen) atoms. The Morgan fingerprint density at radius 3 is 2.96 bits per heavy atom. The SMILES string of the molecule is CC(C)n1cc(C2(O)CCN(Cc3cc(-c4ccco4)on3)C2)nn1. The maximum Gasteiger partial charge on any atom is 0.202 e. The van der Waals surface area contributed by atoms with Gasteiger partial charge in [-0.15, -0.1) is 5.10 Å². The van der Waals surface area contributed by atoms with Crippen LogP contribution in [0.1, 0.15) is 37.7 Å². The van der Waals surface area contributed by atoms with Crippen LogP contribution >= 0.6 is 0 Å². The fourth-order valence-corrected chi connectivity index (χ4v) is 3.11. The van der Waals surface area contributed by atoms with Crippen LogP contribution in [0, 0.1) is 0 Å². The second-order valence-corrected chi connectivity index (χ2v) is 6.83. The Balaban J connectivity index is 1.43. The van der Waals surface area contributed by atoms with Gasteiger partial charge >= 0.3 is 0 Å². The number of nitrogens with zero attached hydrogens (tertiary/aromatic N) is 5.